The molecular formula is C25H30ClN2O4S+. The highest BCUT2D eigenvalue weighted by Gasteiger charge is 2.57. The van der Waals surface area contributed by atoms with Crippen molar-refractivity contribution in [2.45, 2.75) is 49.7 Å². The molecule has 2 N–H and O–H groups in total. The summed E-state index contributed by atoms with van der Waals surface area (Å²) in [5.74, 6) is -0.00952. The monoisotopic (exact) mass is 489 g/mol. The molecule has 176 valence electrons. The largest absolute Gasteiger partial charge is 0.369 e. The zero-order valence-electron chi connectivity index (χ0n) is 18.6. The number of rotatable bonds is 13. The quantitative estimate of drug-likeness (QED) is 0.199. The van der Waals surface area contributed by atoms with E-state index in [4.69, 9.17) is 17.3 Å². The lowest BCUT2D eigenvalue weighted by molar-refractivity contribution is -0.891. The highest BCUT2D eigenvalue weighted by molar-refractivity contribution is 7.84. The summed E-state index contributed by atoms with van der Waals surface area (Å²) in [7, 11) is -1.24. The number of primary amides is 1. The van der Waals surface area contributed by atoms with Crippen LogP contribution in [0.2, 0.25) is 5.02 Å². The summed E-state index contributed by atoms with van der Waals surface area (Å²) in [6.07, 6.45) is 2.93. The summed E-state index contributed by atoms with van der Waals surface area (Å²) >= 11 is 5.87. The summed E-state index contributed by atoms with van der Waals surface area (Å²) in [4.78, 5) is 36.5. The second kappa shape index (κ2) is 11.7. The molecule has 2 aromatic carbocycles. The van der Waals surface area contributed by atoms with E-state index in [1.807, 2.05) is 30.3 Å². The minimum Gasteiger partial charge on any atom is -0.369 e. The van der Waals surface area contributed by atoms with E-state index in [0.717, 1.165) is 12.0 Å². The smallest absolute Gasteiger partial charge is 0.321 e. The van der Waals surface area contributed by atoms with Gasteiger partial charge in [-0.15, -0.1) is 0 Å². The molecule has 3 rings (SSSR count). The molecule has 1 fully saturated rings. The van der Waals surface area contributed by atoms with Gasteiger partial charge in [-0.25, -0.2) is 9.28 Å². The molecule has 6 nitrogen and oxygen atoms in total. The summed E-state index contributed by atoms with van der Waals surface area (Å²) in [5.41, 5.74) is 6.96. The zero-order valence-corrected chi connectivity index (χ0v) is 20.2. The van der Waals surface area contributed by atoms with Gasteiger partial charge in [-0.1, -0.05) is 41.9 Å². The number of ketones is 1. The average molecular weight is 490 g/mol. The number of carbonyl (C=O) groups is 3. The van der Waals surface area contributed by atoms with Gasteiger partial charge in [0.1, 0.15) is 6.42 Å². The Morgan fingerprint density at radius 3 is 2.30 bits per heavy atom. The first-order valence-electron chi connectivity index (χ1n) is 11.2. The summed E-state index contributed by atoms with van der Waals surface area (Å²) in [5, 5.41) is 0.266. The Hall–Kier alpha value is -2.35. The highest BCUT2D eigenvalue weighted by atomic mass is 35.5. The third-order valence-corrected chi connectivity index (χ3v) is 8.28. The van der Waals surface area contributed by atoms with E-state index in [-0.39, 0.29) is 40.9 Å². The van der Waals surface area contributed by atoms with Gasteiger partial charge >= 0.3 is 5.91 Å². The highest BCUT2D eigenvalue weighted by Crippen LogP contribution is 2.35. The summed E-state index contributed by atoms with van der Waals surface area (Å²) in [6.45, 7) is 0.787. The van der Waals surface area contributed by atoms with Crippen LogP contribution in [-0.2, 0) is 26.1 Å². The van der Waals surface area contributed by atoms with Crippen LogP contribution < -0.4 is 5.73 Å². The number of carbonyl (C=O) groups excluding carboxylic acids is 3. The van der Waals surface area contributed by atoms with Crippen LogP contribution >= 0.6 is 11.6 Å². The molecule has 8 heteroatoms. The molecule has 2 amide bonds. The minimum absolute atomic E-state index is 0.0138. The van der Waals surface area contributed by atoms with Gasteiger partial charge < -0.3 is 5.73 Å². The predicted octanol–water partition coefficient (Wildman–Crippen LogP) is 3.98. The van der Waals surface area contributed by atoms with Gasteiger partial charge in [-0.2, -0.15) is 0 Å². The maximum Gasteiger partial charge on any atom is 0.321 e. The van der Waals surface area contributed by atoms with E-state index in [1.54, 1.807) is 24.3 Å². The lowest BCUT2D eigenvalue weighted by Crippen LogP contribution is -2.71. The number of nitrogens with zero attached hydrogens (tertiary/aromatic N) is 1. The lowest BCUT2D eigenvalue weighted by Gasteiger charge is -2.48. The molecule has 1 heterocycles. The summed E-state index contributed by atoms with van der Waals surface area (Å²) in [6, 6.07) is 16.4. The van der Waals surface area contributed by atoms with Crippen molar-refractivity contribution in [3.63, 3.8) is 0 Å². The molecule has 0 aliphatic carbocycles. The number of quaternary nitrogens is 1. The molecule has 3 unspecified atom stereocenters. The minimum atomic E-state index is -1.24. The first-order chi connectivity index (χ1) is 15.8. The molecule has 2 aromatic rings. The Kier molecular flexibility index (Phi) is 8.95. The number of nitrogens with two attached hydrogens (primary N) is 1. The topological polar surface area (TPSA) is 94.3 Å². The lowest BCUT2D eigenvalue weighted by atomic mass is 10.0. The number of Topliss-reactive ketones (excluding diaryl/α,β-unsaturated/α-hetero) is 1. The van der Waals surface area contributed by atoms with Crippen LogP contribution in [0.15, 0.2) is 54.6 Å². The first-order valence-corrected chi connectivity index (χ1v) is 13.0. The first kappa shape index (κ1) is 25.3. The van der Waals surface area contributed by atoms with Crippen LogP contribution in [0.4, 0.5) is 0 Å². The molecule has 1 aliphatic rings. The van der Waals surface area contributed by atoms with Crippen molar-refractivity contribution in [1.29, 1.82) is 0 Å². The zero-order chi connectivity index (χ0) is 23.8. The molecule has 33 heavy (non-hydrogen) atoms. The third kappa shape index (κ3) is 6.59. The van der Waals surface area contributed by atoms with Crippen LogP contribution in [0.3, 0.4) is 0 Å². The number of likely N-dealkylation sites (tertiary alicyclic amines) is 1. The van der Waals surface area contributed by atoms with Crippen LogP contribution in [-0.4, -0.2) is 44.8 Å². The maximum absolute atomic E-state index is 13.1. The van der Waals surface area contributed by atoms with E-state index >= 15 is 0 Å². The van der Waals surface area contributed by atoms with Gasteiger partial charge in [0, 0.05) is 17.0 Å². The number of amides is 2. The van der Waals surface area contributed by atoms with Gasteiger partial charge in [0.2, 0.25) is 5.91 Å². The van der Waals surface area contributed by atoms with Gasteiger partial charge in [-0.05, 0) is 49.1 Å². The van der Waals surface area contributed by atoms with Crippen molar-refractivity contribution in [1.82, 2.24) is 0 Å². The maximum atomic E-state index is 13.1. The number of benzene rings is 2. The van der Waals surface area contributed by atoms with E-state index in [1.165, 1.54) is 0 Å². The van der Waals surface area contributed by atoms with Crippen molar-refractivity contribution in [3.8, 4) is 0 Å². The van der Waals surface area contributed by atoms with Crippen LogP contribution in [0, 0.1) is 0 Å². The molecule has 1 aliphatic heterocycles. The molecule has 1 saturated heterocycles. The normalized spacial score (nSPS) is 20.8. The molecule has 0 radical (unpaired) electrons. The Morgan fingerprint density at radius 2 is 1.67 bits per heavy atom. The Labute approximate surface area is 202 Å². The molecule has 0 saturated carbocycles. The van der Waals surface area contributed by atoms with Crippen LogP contribution in [0.5, 0.6) is 0 Å². The van der Waals surface area contributed by atoms with Gasteiger partial charge in [0.05, 0.1) is 36.1 Å². The van der Waals surface area contributed by atoms with Crippen molar-refractivity contribution in [3.05, 3.63) is 70.7 Å². The van der Waals surface area contributed by atoms with Crippen molar-refractivity contribution in [2.75, 3.05) is 13.1 Å². The van der Waals surface area contributed by atoms with Gasteiger partial charge in [0.15, 0.2) is 11.2 Å². The molecule has 0 spiro atoms. The molecule has 0 aromatic heterocycles. The summed E-state index contributed by atoms with van der Waals surface area (Å²) < 4.78 is 13.2. The second-order valence-corrected chi connectivity index (χ2v) is 10.5. The number of hydrogen-bond donors (Lipinski definition) is 1. The molecule has 3 atom stereocenters. The predicted molar refractivity (Wildman–Crippen MR) is 130 cm³/mol. The van der Waals surface area contributed by atoms with E-state index in [0.29, 0.717) is 42.1 Å². The Bertz CT molecular complexity index is 1010. The van der Waals surface area contributed by atoms with Crippen molar-refractivity contribution >= 4 is 40.0 Å². The van der Waals surface area contributed by atoms with E-state index in [2.05, 4.69) is 0 Å². The molecule has 0 bridgehead atoms. The second-order valence-electron chi connectivity index (χ2n) is 8.50. The fourth-order valence-electron chi connectivity index (χ4n) is 4.30. The fourth-order valence-corrected chi connectivity index (χ4v) is 6.25. The number of unbranched alkanes of at least 4 members (excludes halogenated alkanes) is 2. The SMILES string of the molecule is NC(=O)CC[N+]1(CCCCCC(=O)c2ccc(Cl)cc2)C(=O)CC1S(=O)Cc1ccccc1. The number of halogens is 1. The third-order valence-electron chi connectivity index (χ3n) is 6.24. The van der Waals surface area contributed by atoms with Crippen LogP contribution in [0.1, 0.15) is 54.4 Å². The van der Waals surface area contributed by atoms with E-state index < -0.39 is 16.7 Å². The van der Waals surface area contributed by atoms with Crippen molar-refractivity contribution < 1.29 is 23.1 Å². The average Bonchev–Trinajstić information content (AvgIpc) is 2.79. The molecular weight excluding hydrogens is 460 g/mol. The number of hydrogen-bond acceptors (Lipinski definition) is 4. The van der Waals surface area contributed by atoms with Crippen molar-refractivity contribution in [2.24, 2.45) is 5.73 Å². The van der Waals surface area contributed by atoms with E-state index in [9.17, 15) is 18.6 Å². The Balaban J connectivity index is 1.56. The van der Waals surface area contributed by atoms with Gasteiger partial charge in [-0.3, -0.25) is 13.8 Å². The number of β-lactam (4-membered cyclic amide) rings is 1. The Morgan fingerprint density at radius 1 is 0.970 bits per heavy atom. The van der Waals surface area contributed by atoms with Gasteiger partial charge in [0.25, 0.3) is 0 Å². The van der Waals surface area contributed by atoms with Crippen LogP contribution in [0.25, 0.3) is 0 Å². The fraction of sp³-hybridized carbons (Fsp3) is 0.400. The standard InChI is InChI=1S/C25H29ClN2O4S/c26-21-12-10-20(11-13-21)22(29)9-5-2-6-15-28(16-14-23(27)30)24(31)17-25(28)33(32)18-19-7-3-1-4-8-19/h1,3-4,7-8,10-13,25H,2,5-6,9,14-18H2,(H-,27,30)/p+1.